The van der Waals surface area contributed by atoms with E-state index < -0.39 is 41.8 Å². The number of hydrogen-bond acceptors (Lipinski definition) is 3. The van der Waals surface area contributed by atoms with E-state index in [1.165, 1.54) is 0 Å². The molecule has 0 fully saturated rings. The van der Waals surface area contributed by atoms with Gasteiger partial charge in [0.1, 0.15) is 5.65 Å². The van der Waals surface area contributed by atoms with Gasteiger partial charge in [0.15, 0.2) is 17.9 Å². The van der Waals surface area contributed by atoms with Gasteiger partial charge in [-0.1, -0.05) is 0 Å². The van der Waals surface area contributed by atoms with E-state index in [1.54, 1.807) is 0 Å². The summed E-state index contributed by atoms with van der Waals surface area (Å²) >= 11 is 0. The Bertz CT molecular complexity index is 1100. The van der Waals surface area contributed by atoms with Gasteiger partial charge in [-0.2, -0.15) is 35.1 Å². The Labute approximate surface area is 155 Å². The quantitative estimate of drug-likeness (QED) is 0.633. The van der Waals surface area contributed by atoms with Crippen LogP contribution in [0.1, 0.15) is 5.56 Å². The first-order valence-electron chi connectivity index (χ1n) is 7.64. The molecule has 0 aromatic carbocycles. The van der Waals surface area contributed by atoms with Crippen molar-refractivity contribution < 1.29 is 39.9 Å². The van der Waals surface area contributed by atoms with Crippen molar-refractivity contribution in [2.45, 2.75) is 18.3 Å². The van der Waals surface area contributed by atoms with E-state index in [0.29, 0.717) is 6.07 Å². The molecule has 0 atom stereocenters. The third-order valence-corrected chi connectivity index (χ3v) is 3.76. The molecule has 3 aromatic heterocycles. The lowest BCUT2D eigenvalue weighted by Gasteiger charge is -2.19. The molecule has 0 aliphatic rings. The molecule has 156 valence electrons. The number of imidazole rings is 1. The van der Waals surface area contributed by atoms with Crippen molar-refractivity contribution in [3.63, 3.8) is 0 Å². The van der Waals surface area contributed by atoms with Crippen molar-refractivity contribution in [2.24, 2.45) is 0 Å². The Balaban J connectivity index is 1.86. The molecule has 0 radical (unpaired) electrons. The van der Waals surface area contributed by atoms with Gasteiger partial charge in [0.2, 0.25) is 0 Å². The van der Waals surface area contributed by atoms with Crippen LogP contribution in [-0.2, 0) is 6.18 Å². The van der Waals surface area contributed by atoms with Crippen LogP contribution in [0.15, 0.2) is 41.6 Å². The molecule has 5 nitrogen and oxygen atoms in total. The number of rotatable bonds is 4. The number of H-pyrrole nitrogens is 1. The van der Waals surface area contributed by atoms with E-state index in [1.807, 2.05) is 0 Å². The second kappa shape index (κ2) is 6.74. The molecule has 3 rings (SSSR count). The lowest BCUT2D eigenvalue weighted by Crippen LogP contribution is -2.41. The van der Waals surface area contributed by atoms with E-state index >= 15 is 0 Å². The zero-order valence-corrected chi connectivity index (χ0v) is 13.9. The summed E-state index contributed by atoms with van der Waals surface area (Å²) in [5.74, 6) is -5.77. The molecule has 0 amide bonds. The fourth-order valence-corrected chi connectivity index (χ4v) is 2.28. The lowest BCUT2D eigenvalue weighted by molar-refractivity contribution is -0.290. The highest BCUT2D eigenvalue weighted by Gasteiger charge is 2.58. The first-order valence-corrected chi connectivity index (χ1v) is 7.64. The second-order valence-corrected chi connectivity index (χ2v) is 5.87. The van der Waals surface area contributed by atoms with Crippen molar-refractivity contribution >= 4 is 5.65 Å². The highest BCUT2D eigenvalue weighted by Crippen LogP contribution is 2.35. The Morgan fingerprint density at radius 3 is 2.31 bits per heavy atom. The largest absolute Gasteiger partial charge is 0.472 e. The van der Waals surface area contributed by atoms with Gasteiger partial charge in [-0.05, 0) is 12.1 Å². The summed E-state index contributed by atoms with van der Waals surface area (Å²) in [6.07, 6.45) is -7.58. The van der Waals surface area contributed by atoms with Crippen LogP contribution in [0, 0.1) is 0 Å². The molecule has 0 bridgehead atoms. The second-order valence-electron chi connectivity index (χ2n) is 5.87. The van der Waals surface area contributed by atoms with Crippen molar-refractivity contribution in [2.75, 3.05) is 6.61 Å². The number of alkyl halides is 8. The number of halogens is 8. The molecule has 13 heteroatoms. The van der Waals surface area contributed by atoms with Crippen LogP contribution in [0.25, 0.3) is 16.9 Å². The summed E-state index contributed by atoms with van der Waals surface area (Å²) in [6, 6.07) is 2.51. The standard InChI is InChI=1S/C16H9F8N3O2/c17-14(18,16(22,23)24)7-29-13-3-11(28)9(4-25-13)10-6-27-5-8(15(19,20)21)1-2-12(27)26-10/h1-6H,7H2,(H,25,28). The number of nitrogens with zero attached hydrogens (tertiary/aromatic N) is 2. The SMILES string of the molecule is O=c1cc(OCC(F)(F)C(F)(F)F)[nH]cc1-c1cn2cc(C(F)(F)F)ccc2n1. The third-order valence-electron chi connectivity index (χ3n) is 3.76. The summed E-state index contributed by atoms with van der Waals surface area (Å²) < 4.78 is 106. The van der Waals surface area contributed by atoms with Crippen LogP contribution in [0.2, 0.25) is 0 Å². The summed E-state index contributed by atoms with van der Waals surface area (Å²) in [5, 5.41) is 0. The normalized spacial score (nSPS) is 13.1. The van der Waals surface area contributed by atoms with Crippen molar-refractivity contribution in [1.82, 2.24) is 14.4 Å². The Morgan fingerprint density at radius 2 is 1.72 bits per heavy atom. The van der Waals surface area contributed by atoms with Crippen LogP contribution < -0.4 is 10.2 Å². The van der Waals surface area contributed by atoms with E-state index in [0.717, 1.165) is 35.1 Å². The zero-order valence-electron chi connectivity index (χ0n) is 13.9. The van der Waals surface area contributed by atoms with Crippen molar-refractivity contribution in [1.29, 1.82) is 0 Å². The maximum Gasteiger partial charge on any atom is 0.456 e. The number of aromatic nitrogens is 3. The minimum atomic E-state index is -5.82. The fraction of sp³-hybridized carbons (Fsp3) is 0.250. The number of nitrogens with one attached hydrogen (secondary N) is 1. The monoisotopic (exact) mass is 427 g/mol. The number of ether oxygens (including phenoxy) is 1. The first kappa shape index (κ1) is 20.6. The first-order chi connectivity index (χ1) is 13.3. The molecule has 0 aliphatic carbocycles. The van der Waals surface area contributed by atoms with Gasteiger partial charge in [-0.3, -0.25) is 4.79 Å². The average Bonchev–Trinajstić information content (AvgIpc) is 3.01. The minimum Gasteiger partial charge on any atom is -0.472 e. The van der Waals surface area contributed by atoms with Crippen LogP contribution in [0.3, 0.4) is 0 Å². The molecular weight excluding hydrogens is 418 g/mol. The number of pyridine rings is 2. The summed E-state index contributed by atoms with van der Waals surface area (Å²) in [5.41, 5.74) is -1.90. The Morgan fingerprint density at radius 1 is 1.03 bits per heavy atom. The van der Waals surface area contributed by atoms with Gasteiger partial charge in [-0.25, -0.2) is 4.98 Å². The maximum atomic E-state index is 12.9. The van der Waals surface area contributed by atoms with Gasteiger partial charge in [0, 0.05) is 24.7 Å². The van der Waals surface area contributed by atoms with E-state index in [-0.39, 0.29) is 16.9 Å². The zero-order chi connectivity index (χ0) is 21.6. The van der Waals surface area contributed by atoms with Gasteiger partial charge in [0.05, 0.1) is 16.8 Å². The van der Waals surface area contributed by atoms with Crippen LogP contribution >= 0.6 is 0 Å². The minimum absolute atomic E-state index is 0.0438. The van der Waals surface area contributed by atoms with Crippen LogP contribution in [0.5, 0.6) is 5.88 Å². The molecule has 3 aromatic rings. The van der Waals surface area contributed by atoms with Gasteiger partial charge in [-0.15, -0.1) is 0 Å². The average molecular weight is 427 g/mol. The van der Waals surface area contributed by atoms with Gasteiger partial charge >= 0.3 is 18.3 Å². The molecule has 1 N–H and O–H groups in total. The van der Waals surface area contributed by atoms with Crippen molar-refractivity contribution in [3.05, 3.63) is 52.6 Å². The summed E-state index contributed by atoms with van der Waals surface area (Å²) in [4.78, 5) is 18.3. The van der Waals surface area contributed by atoms with E-state index in [2.05, 4.69) is 14.7 Å². The molecule has 29 heavy (non-hydrogen) atoms. The lowest BCUT2D eigenvalue weighted by atomic mass is 10.2. The predicted octanol–water partition coefficient (Wildman–Crippen LogP) is 4.28. The molecule has 0 spiro atoms. The molecule has 0 unspecified atom stereocenters. The van der Waals surface area contributed by atoms with Gasteiger partial charge in [0.25, 0.3) is 0 Å². The third kappa shape index (κ3) is 4.17. The highest BCUT2D eigenvalue weighted by molar-refractivity contribution is 5.62. The molecule has 0 saturated carbocycles. The fourth-order valence-electron chi connectivity index (χ4n) is 2.28. The van der Waals surface area contributed by atoms with Crippen LogP contribution in [-0.4, -0.2) is 33.1 Å². The maximum absolute atomic E-state index is 12.9. The number of aromatic amines is 1. The molecule has 3 heterocycles. The van der Waals surface area contributed by atoms with Gasteiger partial charge < -0.3 is 14.1 Å². The topological polar surface area (TPSA) is 59.4 Å². The smallest absolute Gasteiger partial charge is 0.456 e. The number of fused-ring (bicyclic) bond motifs is 1. The summed E-state index contributed by atoms with van der Waals surface area (Å²) in [7, 11) is 0. The summed E-state index contributed by atoms with van der Waals surface area (Å²) in [6.45, 7) is -2.04. The van der Waals surface area contributed by atoms with E-state index in [4.69, 9.17) is 0 Å². The molecule has 0 aliphatic heterocycles. The van der Waals surface area contributed by atoms with Crippen molar-refractivity contribution in [3.8, 4) is 17.1 Å². The predicted molar refractivity (Wildman–Crippen MR) is 82.7 cm³/mol. The highest BCUT2D eigenvalue weighted by atomic mass is 19.4. The molecular formula is C16H9F8N3O2. The Hall–Kier alpha value is -3.12. The molecule has 0 saturated heterocycles. The van der Waals surface area contributed by atoms with E-state index in [9.17, 15) is 39.9 Å². The van der Waals surface area contributed by atoms with Crippen LogP contribution in [0.4, 0.5) is 35.1 Å². The Kier molecular flexibility index (Phi) is 4.79. The number of hydrogen-bond donors (Lipinski definition) is 1.